The number of hydrogen-bond acceptors (Lipinski definition) is 1. The first kappa shape index (κ1) is 25.9. The van der Waals surface area contributed by atoms with Gasteiger partial charge in [-0.05, 0) is 103 Å². The molecular formula is C31H45FO. The Balaban J connectivity index is 1.66. The van der Waals surface area contributed by atoms with Crippen LogP contribution in [0.3, 0.4) is 0 Å². The second-order valence-corrected chi connectivity index (χ2v) is 11.0. The largest absolute Gasteiger partial charge is 0.388 e. The van der Waals surface area contributed by atoms with Crippen molar-refractivity contribution in [1.29, 1.82) is 0 Å². The van der Waals surface area contributed by atoms with Gasteiger partial charge in [0.05, 0.1) is 6.10 Å². The monoisotopic (exact) mass is 452 g/mol. The summed E-state index contributed by atoms with van der Waals surface area (Å²) in [4.78, 5) is 0. The van der Waals surface area contributed by atoms with Crippen LogP contribution in [0.25, 0.3) is 0 Å². The Kier molecular flexibility index (Phi) is 9.16. The van der Waals surface area contributed by atoms with Gasteiger partial charge in [-0.15, -0.1) is 0 Å². The SMILES string of the molecule is C=C1/C(=C\C=C2/CCCC(C)(C(CC)[C@H](C)CCCc3ccc(F)cc3)C2C)CCCC1O. The summed E-state index contributed by atoms with van der Waals surface area (Å²) in [6, 6.07) is 7.00. The average Bonchev–Trinajstić information content (AvgIpc) is 2.79. The van der Waals surface area contributed by atoms with Crippen LogP contribution in [0.15, 0.2) is 59.7 Å². The molecule has 1 nitrogen and oxygen atoms in total. The van der Waals surface area contributed by atoms with E-state index >= 15 is 0 Å². The molecule has 0 aliphatic heterocycles. The Morgan fingerprint density at radius 1 is 1.18 bits per heavy atom. The van der Waals surface area contributed by atoms with Crippen molar-refractivity contribution in [2.45, 2.75) is 98.0 Å². The normalized spacial score (nSPS) is 30.5. The van der Waals surface area contributed by atoms with Gasteiger partial charge in [0, 0.05) is 0 Å². The summed E-state index contributed by atoms with van der Waals surface area (Å²) in [7, 11) is 0. The van der Waals surface area contributed by atoms with Crippen molar-refractivity contribution in [3.05, 3.63) is 71.1 Å². The highest BCUT2D eigenvalue weighted by Crippen LogP contribution is 2.52. The van der Waals surface area contributed by atoms with Crippen LogP contribution in [-0.2, 0) is 6.42 Å². The molecule has 1 aromatic rings. The van der Waals surface area contributed by atoms with E-state index < -0.39 is 0 Å². The Morgan fingerprint density at radius 3 is 2.61 bits per heavy atom. The number of allylic oxidation sites excluding steroid dienone is 3. The summed E-state index contributed by atoms with van der Waals surface area (Å²) >= 11 is 0. The standard InChI is InChI=1S/C31H45FO/c1-6-29(22(2)10-7-11-25-15-19-28(32)20-16-25)31(5)21-9-13-27(24(31)4)18-17-26-12-8-14-30(33)23(26)3/h15-20,22,24,29-30,33H,3,6-14,21H2,1-2,4-5H3/b26-17-,27-18+/t22-,24?,29?,30?,31?/m1/s1. The van der Waals surface area contributed by atoms with Gasteiger partial charge in [-0.25, -0.2) is 4.39 Å². The first-order chi connectivity index (χ1) is 15.8. The molecule has 0 bridgehead atoms. The highest BCUT2D eigenvalue weighted by Gasteiger charge is 2.43. The smallest absolute Gasteiger partial charge is 0.123 e. The predicted molar refractivity (Wildman–Crippen MR) is 139 cm³/mol. The second-order valence-electron chi connectivity index (χ2n) is 11.0. The van der Waals surface area contributed by atoms with Crippen molar-refractivity contribution in [1.82, 2.24) is 0 Å². The zero-order valence-corrected chi connectivity index (χ0v) is 21.4. The molecule has 1 N–H and O–H groups in total. The minimum absolute atomic E-state index is 0.152. The van der Waals surface area contributed by atoms with Crippen molar-refractivity contribution in [3.63, 3.8) is 0 Å². The minimum Gasteiger partial charge on any atom is -0.388 e. The van der Waals surface area contributed by atoms with Crippen LogP contribution in [0.5, 0.6) is 0 Å². The zero-order valence-electron chi connectivity index (χ0n) is 21.4. The molecule has 1 aromatic carbocycles. The van der Waals surface area contributed by atoms with Crippen LogP contribution in [0.2, 0.25) is 0 Å². The fourth-order valence-electron chi connectivity index (χ4n) is 6.70. The van der Waals surface area contributed by atoms with Gasteiger partial charge in [0.25, 0.3) is 0 Å². The minimum atomic E-state index is -0.363. The van der Waals surface area contributed by atoms with Crippen molar-refractivity contribution in [3.8, 4) is 0 Å². The molecule has 0 spiro atoms. The zero-order chi connectivity index (χ0) is 24.0. The number of aliphatic hydroxyl groups is 1. The summed E-state index contributed by atoms with van der Waals surface area (Å²) in [5, 5.41) is 10.2. The number of halogens is 1. The number of aliphatic hydroxyl groups excluding tert-OH is 1. The van der Waals surface area contributed by atoms with E-state index in [1.165, 1.54) is 43.2 Å². The van der Waals surface area contributed by atoms with Crippen LogP contribution in [0, 0.1) is 29.0 Å². The van der Waals surface area contributed by atoms with Gasteiger partial charge in [0.2, 0.25) is 0 Å². The van der Waals surface area contributed by atoms with E-state index in [4.69, 9.17) is 0 Å². The van der Waals surface area contributed by atoms with Gasteiger partial charge >= 0.3 is 0 Å². The van der Waals surface area contributed by atoms with E-state index in [-0.39, 0.29) is 11.9 Å². The maximum absolute atomic E-state index is 13.2. The van der Waals surface area contributed by atoms with Crippen molar-refractivity contribution in [2.24, 2.45) is 23.2 Å². The van der Waals surface area contributed by atoms with Gasteiger partial charge in [-0.3, -0.25) is 0 Å². The van der Waals surface area contributed by atoms with Crippen LogP contribution in [-0.4, -0.2) is 11.2 Å². The van der Waals surface area contributed by atoms with Gasteiger partial charge in [0.15, 0.2) is 0 Å². The molecule has 182 valence electrons. The summed E-state index contributed by atoms with van der Waals surface area (Å²) in [6.45, 7) is 13.9. The lowest BCUT2D eigenvalue weighted by Crippen LogP contribution is -2.40. The summed E-state index contributed by atoms with van der Waals surface area (Å²) in [5.74, 6) is 1.78. The molecule has 0 saturated heterocycles. The molecule has 2 fully saturated rings. The van der Waals surface area contributed by atoms with Gasteiger partial charge < -0.3 is 5.11 Å². The molecule has 4 unspecified atom stereocenters. The Morgan fingerprint density at radius 2 is 1.91 bits per heavy atom. The maximum atomic E-state index is 13.2. The van der Waals surface area contributed by atoms with Gasteiger partial charge in [0.1, 0.15) is 5.82 Å². The topological polar surface area (TPSA) is 20.2 Å². The third kappa shape index (κ3) is 6.27. The Labute approximate surface area is 201 Å². The molecule has 0 radical (unpaired) electrons. The lowest BCUT2D eigenvalue weighted by molar-refractivity contribution is 0.0435. The second kappa shape index (κ2) is 11.6. The van der Waals surface area contributed by atoms with Crippen LogP contribution in [0.4, 0.5) is 4.39 Å². The van der Waals surface area contributed by atoms with Crippen LogP contribution >= 0.6 is 0 Å². The molecule has 5 atom stereocenters. The van der Waals surface area contributed by atoms with Crippen molar-refractivity contribution < 1.29 is 9.50 Å². The summed E-state index contributed by atoms with van der Waals surface area (Å²) < 4.78 is 13.2. The van der Waals surface area contributed by atoms with Crippen molar-refractivity contribution >= 4 is 0 Å². The summed E-state index contributed by atoms with van der Waals surface area (Å²) in [6.07, 6.45) is 15.6. The highest BCUT2D eigenvalue weighted by molar-refractivity contribution is 5.37. The number of rotatable bonds is 8. The lowest BCUT2D eigenvalue weighted by atomic mass is 9.56. The number of benzene rings is 1. The predicted octanol–water partition coefficient (Wildman–Crippen LogP) is 8.59. The van der Waals surface area contributed by atoms with E-state index in [0.717, 1.165) is 37.7 Å². The maximum Gasteiger partial charge on any atom is 0.123 e. The third-order valence-electron chi connectivity index (χ3n) is 8.98. The van der Waals surface area contributed by atoms with Crippen LogP contribution in [0.1, 0.15) is 91.0 Å². The quantitative estimate of drug-likeness (QED) is 0.419. The van der Waals surface area contributed by atoms with E-state index in [9.17, 15) is 9.50 Å². The number of hydrogen-bond donors (Lipinski definition) is 1. The first-order valence-electron chi connectivity index (χ1n) is 13.3. The van der Waals surface area contributed by atoms with E-state index in [0.29, 0.717) is 23.2 Å². The molecular weight excluding hydrogens is 407 g/mol. The first-order valence-corrected chi connectivity index (χ1v) is 13.3. The Bertz CT molecular complexity index is 848. The molecule has 0 aromatic heterocycles. The van der Waals surface area contributed by atoms with Crippen molar-refractivity contribution in [2.75, 3.05) is 0 Å². The van der Waals surface area contributed by atoms with Gasteiger partial charge in [-0.2, -0.15) is 0 Å². The van der Waals surface area contributed by atoms with E-state index in [2.05, 4.69) is 46.4 Å². The van der Waals surface area contributed by atoms with Crippen LogP contribution < -0.4 is 0 Å². The molecule has 0 amide bonds. The fourth-order valence-corrected chi connectivity index (χ4v) is 6.70. The number of aryl methyl sites for hydroxylation is 1. The summed E-state index contributed by atoms with van der Waals surface area (Å²) in [5.41, 5.74) is 5.28. The molecule has 33 heavy (non-hydrogen) atoms. The molecule has 2 aliphatic carbocycles. The Hall–Kier alpha value is -1.67. The molecule has 2 aliphatic rings. The molecule has 0 heterocycles. The van der Waals surface area contributed by atoms with Gasteiger partial charge in [-0.1, -0.05) is 77.0 Å². The van der Waals surface area contributed by atoms with E-state index in [1.807, 2.05) is 12.1 Å². The fraction of sp³-hybridized carbons (Fsp3) is 0.613. The average molecular weight is 453 g/mol. The highest BCUT2D eigenvalue weighted by atomic mass is 19.1. The van der Waals surface area contributed by atoms with E-state index in [1.54, 1.807) is 17.7 Å². The molecule has 2 heteroatoms. The third-order valence-corrected chi connectivity index (χ3v) is 8.98. The molecule has 2 saturated carbocycles. The lowest BCUT2D eigenvalue weighted by Gasteiger charge is -2.49. The molecule has 3 rings (SSSR count).